The van der Waals surface area contributed by atoms with E-state index in [0.29, 0.717) is 30.3 Å². The number of rotatable bonds is 8. The molecule has 29 heavy (non-hydrogen) atoms. The summed E-state index contributed by atoms with van der Waals surface area (Å²) in [6, 6.07) is 19.0. The number of pyridine rings is 1. The predicted molar refractivity (Wildman–Crippen MR) is 114 cm³/mol. The van der Waals surface area contributed by atoms with E-state index in [0.717, 1.165) is 16.9 Å². The van der Waals surface area contributed by atoms with Gasteiger partial charge in [-0.15, -0.1) is 0 Å². The quantitative estimate of drug-likeness (QED) is 0.612. The van der Waals surface area contributed by atoms with Gasteiger partial charge in [0, 0.05) is 19.2 Å². The number of hydrogen-bond donors (Lipinski definition) is 1. The van der Waals surface area contributed by atoms with Crippen molar-refractivity contribution in [1.29, 1.82) is 0 Å². The van der Waals surface area contributed by atoms with Crippen LogP contribution in [0, 0.1) is 0 Å². The number of hydrogen-bond acceptors (Lipinski definition) is 5. The molecule has 3 rings (SSSR count). The Morgan fingerprint density at radius 2 is 1.83 bits per heavy atom. The maximum Gasteiger partial charge on any atom is 0.272 e. The highest BCUT2D eigenvalue weighted by Crippen LogP contribution is 2.31. The molecular weight excluding hydrogens is 366 g/mol. The lowest BCUT2D eigenvalue weighted by Gasteiger charge is -2.20. The molecule has 0 aliphatic carbocycles. The number of ether oxygens (including phenoxy) is 2. The van der Waals surface area contributed by atoms with Crippen molar-refractivity contribution in [2.75, 3.05) is 26.1 Å². The monoisotopic (exact) mass is 391 g/mol. The maximum absolute atomic E-state index is 12.8. The molecule has 6 nitrogen and oxygen atoms in total. The van der Waals surface area contributed by atoms with Crippen LogP contribution in [-0.4, -0.2) is 36.6 Å². The standard InChI is InChI=1S/C23H25N3O3/c1-4-26(16-17-8-6-5-7-9-17)23(27)21-12-10-18(15-24-21)25-20-13-11-19(28-2)14-22(20)29-3/h5-15,25H,4,16H2,1-3H3. The molecule has 0 fully saturated rings. The molecule has 0 aliphatic rings. The van der Waals surface area contributed by atoms with E-state index in [-0.39, 0.29) is 5.91 Å². The normalized spacial score (nSPS) is 10.3. The first kappa shape index (κ1) is 20.2. The molecule has 1 N–H and O–H groups in total. The molecule has 0 saturated heterocycles. The summed E-state index contributed by atoms with van der Waals surface area (Å²) in [7, 11) is 3.21. The van der Waals surface area contributed by atoms with Crippen molar-refractivity contribution in [3.8, 4) is 11.5 Å². The second kappa shape index (κ2) is 9.59. The zero-order valence-electron chi connectivity index (χ0n) is 16.9. The summed E-state index contributed by atoms with van der Waals surface area (Å²) in [5, 5.41) is 3.26. The van der Waals surface area contributed by atoms with Crippen LogP contribution in [0.2, 0.25) is 0 Å². The molecule has 6 heteroatoms. The van der Waals surface area contributed by atoms with Gasteiger partial charge in [-0.05, 0) is 36.8 Å². The summed E-state index contributed by atoms with van der Waals surface area (Å²) < 4.78 is 10.6. The molecule has 0 saturated carbocycles. The molecule has 2 aromatic carbocycles. The largest absolute Gasteiger partial charge is 0.497 e. The van der Waals surface area contributed by atoms with Gasteiger partial charge in [-0.25, -0.2) is 4.98 Å². The topological polar surface area (TPSA) is 63.7 Å². The highest BCUT2D eigenvalue weighted by Gasteiger charge is 2.16. The van der Waals surface area contributed by atoms with Gasteiger partial charge in [0.05, 0.1) is 31.8 Å². The van der Waals surface area contributed by atoms with Crippen molar-refractivity contribution in [1.82, 2.24) is 9.88 Å². The number of nitrogens with zero attached hydrogens (tertiary/aromatic N) is 2. The van der Waals surface area contributed by atoms with E-state index in [1.54, 1.807) is 37.4 Å². The fourth-order valence-corrected chi connectivity index (χ4v) is 2.94. The number of methoxy groups -OCH3 is 2. The molecule has 0 bridgehead atoms. The smallest absolute Gasteiger partial charge is 0.272 e. The van der Waals surface area contributed by atoms with Crippen LogP contribution < -0.4 is 14.8 Å². The first-order valence-electron chi connectivity index (χ1n) is 9.43. The van der Waals surface area contributed by atoms with E-state index in [1.165, 1.54) is 0 Å². The van der Waals surface area contributed by atoms with Crippen LogP contribution in [-0.2, 0) is 6.54 Å². The minimum Gasteiger partial charge on any atom is -0.497 e. The van der Waals surface area contributed by atoms with Crippen molar-refractivity contribution in [2.45, 2.75) is 13.5 Å². The average Bonchev–Trinajstić information content (AvgIpc) is 2.78. The van der Waals surface area contributed by atoms with Gasteiger partial charge in [-0.2, -0.15) is 0 Å². The van der Waals surface area contributed by atoms with Crippen molar-refractivity contribution in [2.24, 2.45) is 0 Å². The zero-order chi connectivity index (χ0) is 20.6. The Morgan fingerprint density at radius 3 is 2.45 bits per heavy atom. The van der Waals surface area contributed by atoms with Crippen LogP contribution in [0.4, 0.5) is 11.4 Å². The van der Waals surface area contributed by atoms with Crippen LogP contribution in [0.5, 0.6) is 11.5 Å². The molecule has 150 valence electrons. The Balaban J connectivity index is 1.71. The molecule has 1 amide bonds. The molecular formula is C23H25N3O3. The van der Waals surface area contributed by atoms with Crippen LogP contribution in [0.25, 0.3) is 0 Å². The summed E-state index contributed by atoms with van der Waals surface area (Å²) in [4.78, 5) is 19.0. The van der Waals surface area contributed by atoms with Crippen molar-refractivity contribution >= 4 is 17.3 Å². The predicted octanol–water partition coefficient (Wildman–Crippen LogP) is 4.50. The van der Waals surface area contributed by atoms with Crippen LogP contribution in [0.3, 0.4) is 0 Å². The van der Waals surface area contributed by atoms with Gasteiger partial charge < -0.3 is 19.7 Å². The van der Waals surface area contributed by atoms with Crippen molar-refractivity contribution < 1.29 is 14.3 Å². The van der Waals surface area contributed by atoms with Gasteiger partial charge in [0.25, 0.3) is 5.91 Å². The maximum atomic E-state index is 12.8. The SMILES string of the molecule is CCN(Cc1ccccc1)C(=O)c1ccc(Nc2ccc(OC)cc2OC)cn1. The van der Waals surface area contributed by atoms with Gasteiger partial charge in [-0.1, -0.05) is 30.3 Å². The van der Waals surface area contributed by atoms with E-state index >= 15 is 0 Å². The second-order valence-corrected chi connectivity index (χ2v) is 6.43. The lowest BCUT2D eigenvalue weighted by Crippen LogP contribution is -2.30. The third-order valence-electron chi connectivity index (χ3n) is 4.56. The third-order valence-corrected chi connectivity index (χ3v) is 4.56. The summed E-state index contributed by atoms with van der Waals surface area (Å²) >= 11 is 0. The Morgan fingerprint density at radius 1 is 1.03 bits per heavy atom. The third kappa shape index (κ3) is 5.04. The summed E-state index contributed by atoms with van der Waals surface area (Å²) in [5.74, 6) is 1.28. The zero-order valence-corrected chi connectivity index (χ0v) is 16.9. The van der Waals surface area contributed by atoms with E-state index in [9.17, 15) is 4.79 Å². The van der Waals surface area contributed by atoms with Crippen LogP contribution >= 0.6 is 0 Å². The molecule has 0 spiro atoms. The van der Waals surface area contributed by atoms with Crippen molar-refractivity contribution in [3.05, 3.63) is 78.1 Å². The van der Waals surface area contributed by atoms with Gasteiger partial charge >= 0.3 is 0 Å². The number of carbonyl (C=O) groups excluding carboxylic acids is 1. The van der Waals surface area contributed by atoms with Gasteiger partial charge in [0.2, 0.25) is 0 Å². The average molecular weight is 391 g/mol. The molecule has 1 heterocycles. The molecule has 0 aliphatic heterocycles. The fourth-order valence-electron chi connectivity index (χ4n) is 2.94. The lowest BCUT2D eigenvalue weighted by atomic mass is 10.2. The Bertz CT molecular complexity index is 943. The highest BCUT2D eigenvalue weighted by atomic mass is 16.5. The minimum absolute atomic E-state index is 0.0927. The second-order valence-electron chi connectivity index (χ2n) is 6.43. The van der Waals surface area contributed by atoms with E-state index < -0.39 is 0 Å². The van der Waals surface area contributed by atoms with Gasteiger partial charge in [0.15, 0.2) is 0 Å². The van der Waals surface area contributed by atoms with Gasteiger partial charge in [-0.3, -0.25) is 4.79 Å². The molecule has 1 aromatic heterocycles. The van der Waals surface area contributed by atoms with E-state index in [2.05, 4.69) is 10.3 Å². The van der Waals surface area contributed by atoms with Crippen LogP contribution in [0.1, 0.15) is 23.0 Å². The Kier molecular flexibility index (Phi) is 6.68. The van der Waals surface area contributed by atoms with E-state index in [4.69, 9.17) is 9.47 Å². The summed E-state index contributed by atoms with van der Waals surface area (Å²) in [6.07, 6.45) is 1.65. The first-order chi connectivity index (χ1) is 14.1. The lowest BCUT2D eigenvalue weighted by molar-refractivity contribution is 0.0746. The molecule has 3 aromatic rings. The Hall–Kier alpha value is -3.54. The number of benzene rings is 2. The first-order valence-corrected chi connectivity index (χ1v) is 9.43. The van der Waals surface area contributed by atoms with E-state index in [1.807, 2.05) is 55.5 Å². The molecule has 0 atom stereocenters. The fraction of sp³-hybridized carbons (Fsp3) is 0.217. The van der Waals surface area contributed by atoms with Crippen LogP contribution in [0.15, 0.2) is 66.9 Å². The molecule has 0 unspecified atom stereocenters. The number of aromatic nitrogens is 1. The molecule has 0 radical (unpaired) electrons. The number of carbonyl (C=O) groups is 1. The van der Waals surface area contributed by atoms with Crippen molar-refractivity contribution in [3.63, 3.8) is 0 Å². The minimum atomic E-state index is -0.0927. The Labute approximate surface area is 171 Å². The summed E-state index contributed by atoms with van der Waals surface area (Å²) in [6.45, 7) is 3.13. The van der Waals surface area contributed by atoms with Gasteiger partial charge in [0.1, 0.15) is 17.2 Å². The summed E-state index contributed by atoms with van der Waals surface area (Å²) in [5.41, 5.74) is 3.05. The number of nitrogens with one attached hydrogen (secondary N) is 1. The number of amides is 1. The number of anilines is 2. The highest BCUT2D eigenvalue weighted by molar-refractivity contribution is 5.92.